The third-order valence-electron chi connectivity index (χ3n) is 6.28. The second kappa shape index (κ2) is 14.5. The number of hydrogen-bond acceptors (Lipinski definition) is 6. The smallest absolute Gasteiger partial charge is 0.345 e. The summed E-state index contributed by atoms with van der Waals surface area (Å²) in [5, 5.41) is 0. The number of esters is 4. The van der Waals surface area contributed by atoms with Gasteiger partial charge < -0.3 is 9.47 Å². The van der Waals surface area contributed by atoms with Crippen molar-refractivity contribution in [3.05, 3.63) is 70.8 Å². The van der Waals surface area contributed by atoms with E-state index >= 15 is 0 Å². The Labute approximate surface area is 220 Å². The molecule has 200 valence electrons. The van der Waals surface area contributed by atoms with Crippen LogP contribution in [0.4, 0.5) is 0 Å². The van der Waals surface area contributed by atoms with E-state index < -0.39 is 35.7 Å². The zero-order chi connectivity index (χ0) is 27.5. The molecule has 0 spiro atoms. The van der Waals surface area contributed by atoms with Crippen molar-refractivity contribution in [1.82, 2.24) is 0 Å². The summed E-state index contributed by atoms with van der Waals surface area (Å²) in [5.41, 5.74) is 2.81. The highest BCUT2D eigenvalue weighted by atomic mass is 16.6. The number of carbonyl (C=O) groups excluding carboxylic acids is 4. The van der Waals surface area contributed by atoms with E-state index in [1.54, 1.807) is 38.1 Å². The third-order valence-corrected chi connectivity index (χ3v) is 6.28. The van der Waals surface area contributed by atoms with Gasteiger partial charge in [0.1, 0.15) is 0 Å². The van der Waals surface area contributed by atoms with Gasteiger partial charge in [-0.2, -0.15) is 0 Å². The normalized spacial score (nSPS) is 12.8. The maximum absolute atomic E-state index is 12.7. The van der Waals surface area contributed by atoms with Crippen molar-refractivity contribution in [3.63, 3.8) is 0 Å². The Kier molecular flexibility index (Phi) is 11.7. The number of rotatable bonds is 12. The van der Waals surface area contributed by atoms with E-state index in [0.717, 1.165) is 24.0 Å². The lowest BCUT2D eigenvalue weighted by molar-refractivity contribution is -0.146. The minimum atomic E-state index is -0.716. The molecule has 0 fully saturated rings. The first-order chi connectivity index (χ1) is 17.5. The summed E-state index contributed by atoms with van der Waals surface area (Å²) < 4.78 is 10.3. The molecule has 0 radical (unpaired) electrons. The molecule has 0 aliphatic carbocycles. The molecular weight excluding hydrogens is 468 g/mol. The molecule has 0 saturated carbocycles. The van der Waals surface area contributed by atoms with Gasteiger partial charge in [-0.25, -0.2) is 9.59 Å². The molecule has 0 aromatic heterocycles. The van der Waals surface area contributed by atoms with Crippen LogP contribution in [0.1, 0.15) is 92.6 Å². The van der Waals surface area contributed by atoms with Crippen LogP contribution in [0.5, 0.6) is 0 Å². The van der Waals surface area contributed by atoms with E-state index in [9.17, 15) is 19.2 Å². The molecule has 0 saturated heterocycles. The second-order valence-electron chi connectivity index (χ2n) is 10.5. The van der Waals surface area contributed by atoms with Crippen LogP contribution in [0.15, 0.2) is 48.5 Å². The molecule has 0 aliphatic rings. The first-order valence-electron chi connectivity index (χ1n) is 13.2. The molecule has 0 aliphatic heterocycles. The molecule has 2 aromatic carbocycles. The van der Waals surface area contributed by atoms with Crippen molar-refractivity contribution in [2.45, 2.75) is 73.6 Å². The van der Waals surface area contributed by atoms with Crippen LogP contribution < -0.4 is 0 Å². The maximum Gasteiger partial charge on any atom is 0.345 e. The quantitative estimate of drug-likeness (QED) is 0.237. The van der Waals surface area contributed by atoms with Gasteiger partial charge in [-0.3, -0.25) is 9.59 Å². The molecule has 6 nitrogen and oxygen atoms in total. The van der Waals surface area contributed by atoms with Crippen molar-refractivity contribution in [2.75, 3.05) is 0 Å². The lowest BCUT2D eigenvalue weighted by Gasteiger charge is -2.19. The fourth-order valence-corrected chi connectivity index (χ4v) is 4.17. The molecule has 2 atom stereocenters. The Hall–Kier alpha value is -3.28. The van der Waals surface area contributed by atoms with E-state index in [4.69, 9.17) is 9.47 Å². The van der Waals surface area contributed by atoms with Crippen LogP contribution in [0, 0.1) is 23.7 Å². The first-order valence-corrected chi connectivity index (χ1v) is 13.2. The fraction of sp³-hybridized carbons (Fsp3) is 0.484. The molecule has 0 N–H and O–H groups in total. The zero-order valence-corrected chi connectivity index (χ0v) is 22.9. The minimum Gasteiger partial charge on any atom is -0.389 e. The van der Waals surface area contributed by atoms with Crippen LogP contribution in [0.2, 0.25) is 0 Å². The average Bonchev–Trinajstić information content (AvgIpc) is 2.84. The largest absolute Gasteiger partial charge is 0.389 e. The van der Waals surface area contributed by atoms with E-state index in [0.29, 0.717) is 35.8 Å². The molecule has 37 heavy (non-hydrogen) atoms. The molecule has 2 rings (SSSR count). The summed E-state index contributed by atoms with van der Waals surface area (Å²) >= 11 is 0. The van der Waals surface area contributed by atoms with Crippen molar-refractivity contribution < 1.29 is 28.7 Å². The molecule has 2 aromatic rings. The molecule has 0 amide bonds. The van der Waals surface area contributed by atoms with Gasteiger partial charge in [-0.1, -0.05) is 65.8 Å². The summed E-state index contributed by atoms with van der Waals surface area (Å²) in [7, 11) is 0. The molecule has 6 heteroatoms. The highest BCUT2D eigenvalue weighted by Crippen LogP contribution is 2.23. The lowest BCUT2D eigenvalue weighted by atomic mass is 9.91. The average molecular weight is 509 g/mol. The van der Waals surface area contributed by atoms with Crippen molar-refractivity contribution in [3.8, 4) is 0 Å². The second-order valence-corrected chi connectivity index (χ2v) is 10.5. The number of carbonyl (C=O) groups is 4. The van der Waals surface area contributed by atoms with Crippen molar-refractivity contribution in [1.29, 1.82) is 0 Å². The molecule has 2 unspecified atom stereocenters. The summed E-state index contributed by atoms with van der Waals surface area (Å²) in [6.45, 7) is 12.0. The van der Waals surface area contributed by atoms with Gasteiger partial charge in [0.25, 0.3) is 0 Å². The first kappa shape index (κ1) is 29.9. The van der Waals surface area contributed by atoms with E-state index in [-0.39, 0.29) is 6.42 Å². The van der Waals surface area contributed by atoms with Crippen LogP contribution in [0.3, 0.4) is 0 Å². The van der Waals surface area contributed by atoms with Gasteiger partial charge in [0, 0.05) is 0 Å². The van der Waals surface area contributed by atoms with Crippen molar-refractivity contribution >= 4 is 23.9 Å². The summed E-state index contributed by atoms with van der Waals surface area (Å²) in [4.78, 5) is 50.5. The van der Waals surface area contributed by atoms with Crippen LogP contribution in [-0.2, 0) is 31.9 Å². The van der Waals surface area contributed by atoms with Gasteiger partial charge in [0.2, 0.25) is 0 Å². The maximum atomic E-state index is 12.7. The standard InChI is InChI=1S/C31H40O6/c1-7-24(28(32)36-30(34)26-13-9-22(10-14-26)17-20(3)4)19-25(8-2)29(33)37-31(35)27-15-11-23(12-16-27)18-21(5)6/h9-16,20-21,24-25H,7-8,17-19H2,1-6H3. The fourth-order valence-electron chi connectivity index (χ4n) is 4.17. The van der Waals surface area contributed by atoms with E-state index in [1.165, 1.54) is 0 Å². The number of benzene rings is 2. The lowest BCUT2D eigenvalue weighted by Crippen LogP contribution is -2.28. The van der Waals surface area contributed by atoms with Gasteiger partial charge in [0.05, 0.1) is 23.0 Å². The monoisotopic (exact) mass is 508 g/mol. The molecular formula is C31H40O6. The Morgan fingerprint density at radius 2 is 0.919 bits per heavy atom. The van der Waals surface area contributed by atoms with Gasteiger partial charge in [-0.05, 0) is 79.3 Å². The molecule has 0 bridgehead atoms. The predicted molar refractivity (Wildman–Crippen MR) is 143 cm³/mol. The minimum absolute atomic E-state index is 0.131. The Morgan fingerprint density at radius 1 is 0.595 bits per heavy atom. The Balaban J connectivity index is 1.96. The third kappa shape index (κ3) is 9.60. The number of ether oxygens (including phenoxy) is 2. The van der Waals surface area contributed by atoms with Crippen molar-refractivity contribution in [2.24, 2.45) is 23.7 Å². The van der Waals surface area contributed by atoms with Crippen LogP contribution in [-0.4, -0.2) is 23.9 Å². The van der Waals surface area contributed by atoms with Gasteiger partial charge >= 0.3 is 23.9 Å². The predicted octanol–water partition coefficient (Wildman–Crippen LogP) is 6.59. The highest BCUT2D eigenvalue weighted by Gasteiger charge is 2.30. The summed E-state index contributed by atoms with van der Waals surface area (Å²) in [6, 6.07) is 14.0. The van der Waals surface area contributed by atoms with Gasteiger partial charge in [0.15, 0.2) is 0 Å². The van der Waals surface area contributed by atoms with Gasteiger partial charge in [-0.15, -0.1) is 0 Å². The van der Waals surface area contributed by atoms with E-state index in [1.807, 2.05) is 24.3 Å². The topological polar surface area (TPSA) is 86.7 Å². The summed E-state index contributed by atoms with van der Waals surface area (Å²) in [5.74, 6) is -3.16. The van der Waals surface area contributed by atoms with Crippen LogP contribution in [0.25, 0.3) is 0 Å². The Morgan fingerprint density at radius 3 is 1.19 bits per heavy atom. The van der Waals surface area contributed by atoms with Crippen LogP contribution >= 0.6 is 0 Å². The molecule has 0 heterocycles. The van der Waals surface area contributed by atoms with E-state index in [2.05, 4.69) is 27.7 Å². The Bertz CT molecular complexity index is 965. The highest BCUT2D eigenvalue weighted by molar-refractivity contribution is 5.98. The zero-order valence-electron chi connectivity index (χ0n) is 22.9. The summed E-state index contributed by atoms with van der Waals surface area (Å²) in [6.07, 6.45) is 2.69. The number of hydrogen-bond donors (Lipinski definition) is 0. The SMILES string of the molecule is CCC(CC(CC)C(=O)OC(=O)c1ccc(CC(C)C)cc1)C(=O)OC(=O)c1ccc(CC(C)C)cc1.